The maximum absolute atomic E-state index is 12.1. The molecule has 0 radical (unpaired) electrons. The number of hydrogen-bond donors (Lipinski definition) is 2. The van der Waals surface area contributed by atoms with Gasteiger partial charge in [-0.3, -0.25) is 4.79 Å². The van der Waals surface area contributed by atoms with Gasteiger partial charge in [0.2, 0.25) is 0 Å². The van der Waals surface area contributed by atoms with Crippen molar-refractivity contribution in [1.82, 2.24) is 9.84 Å². The second-order valence-electron chi connectivity index (χ2n) is 3.99. The SMILES string of the molecule is O=C(O)Cc1ccc(S(=O)(=O)NN2CCOCC2)s1. The van der Waals surface area contributed by atoms with E-state index >= 15 is 0 Å². The molecule has 0 saturated carbocycles. The van der Waals surface area contributed by atoms with E-state index in [1.165, 1.54) is 12.1 Å². The molecule has 1 aliphatic rings. The highest BCUT2D eigenvalue weighted by atomic mass is 32.2. The van der Waals surface area contributed by atoms with Gasteiger partial charge >= 0.3 is 5.97 Å². The number of hydrogen-bond acceptors (Lipinski definition) is 6. The van der Waals surface area contributed by atoms with Crippen molar-refractivity contribution >= 4 is 27.3 Å². The van der Waals surface area contributed by atoms with Crippen molar-refractivity contribution in [3.05, 3.63) is 17.0 Å². The summed E-state index contributed by atoms with van der Waals surface area (Å²) in [6.45, 7) is 1.95. The smallest absolute Gasteiger partial charge is 0.308 e. The van der Waals surface area contributed by atoms with Crippen LogP contribution in [0, 0.1) is 0 Å². The van der Waals surface area contributed by atoms with Crippen molar-refractivity contribution in [2.75, 3.05) is 26.3 Å². The highest BCUT2D eigenvalue weighted by Crippen LogP contribution is 2.22. The Hall–Kier alpha value is -1.00. The van der Waals surface area contributed by atoms with Gasteiger partial charge in [0, 0.05) is 18.0 Å². The number of rotatable bonds is 5. The normalized spacial score (nSPS) is 17.5. The zero-order chi connectivity index (χ0) is 13.9. The maximum atomic E-state index is 12.1. The molecule has 19 heavy (non-hydrogen) atoms. The van der Waals surface area contributed by atoms with Gasteiger partial charge in [-0.2, -0.15) is 0 Å². The fourth-order valence-electron chi connectivity index (χ4n) is 1.62. The van der Waals surface area contributed by atoms with Crippen LogP contribution in [0.15, 0.2) is 16.3 Å². The Balaban J connectivity index is 2.06. The summed E-state index contributed by atoms with van der Waals surface area (Å²) in [5.41, 5.74) is 0. The second kappa shape index (κ2) is 5.97. The largest absolute Gasteiger partial charge is 0.481 e. The summed E-state index contributed by atoms with van der Waals surface area (Å²) in [6.07, 6.45) is -0.169. The molecule has 7 nitrogen and oxygen atoms in total. The molecule has 1 aromatic rings. The molecule has 0 aromatic carbocycles. The zero-order valence-electron chi connectivity index (χ0n) is 10.0. The van der Waals surface area contributed by atoms with Gasteiger partial charge in [0.1, 0.15) is 4.21 Å². The molecule has 2 rings (SSSR count). The second-order valence-corrected chi connectivity index (χ2v) is 7.04. The Morgan fingerprint density at radius 1 is 1.42 bits per heavy atom. The molecule has 0 spiro atoms. The summed E-state index contributed by atoms with van der Waals surface area (Å²) in [5.74, 6) is -0.980. The molecule has 2 heterocycles. The molecule has 1 fully saturated rings. The van der Waals surface area contributed by atoms with Crippen molar-refractivity contribution in [3.8, 4) is 0 Å². The van der Waals surface area contributed by atoms with E-state index < -0.39 is 16.0 Å². The van der Waals surface area contributed by atoms with Crippen LogP contribution in [-0.4, -0.2) is 50.8 Å². The summed E-state index contributed by atoms with van der Waals surface area (Å²) >= 11 is 0.968. The highest BCUT2D eigenvalue weighted by molar-refractivity contribution is 7.91. The number of hydrazine groups is 1. The lowest BCUT2D eigenvalue weighted by molar-refractivity contribution is -0.136. The monoisotopic (exact) mass is 306 g/mol. The number of nitrogens with one attached hydrogen (secondary N) is 1. The predicted octanol–water partition coefficient (Wildman–Crippen LogP) is -0.0993. The average Bonchev–Trinajstić information content (AvgIpc) is 2.78. The summed E-state index contributed by atoms with van der Waals surface area (Å²) in [6, 6.07) is 2.94. The van der Waals surface area contributed by atoms with Crippen LogP contribution in [0.4, 0.5) is 0 Å². The van der Waals surface area contributed by atoms with Crippen LogP contribution in [0.2, 0.25) is 0 Å². The van der Waals surface area contributed by atoms with E-state index in [1.54, 1.807) is 5.01 Å². The highest BCUT2D eigenvalue weighted by Gasteiger charge is 2.22. The number of carboxylic acid groups (broad SMARTS) is 1. The van der Waals surface area contributed by atoms with Crippen LogP contribution in [0.5, 0.6) is 0 Å². The van der Waals surface area contributed by atoms with E-state index in [9.17, 15) is 13.2 Å². The Morgan fingerprint density at radius 2 is 2.11 bits per heavy atom. The zero-order valence-corrected chi connectivity index (χ0v) is 11.7. The topological polar surface area (TPSA) is 95.9 Å². The maximum Gasteiger partial charge on any atom is 0.308 e. The van der Waals surface area contributed by atoms with Crippen LogP contribution in [0.3, 0.4) is 0 Å². The molecule has 0 amide bonds. The molecular formula is C10H14N2O5S2. The van der Waals surface area contributed by atoms with E-state index in [0.717, 1.165) is 11.3 Å². The third-order valence-corrected chi connectivity index (χ3v) is 5.44. The molecule has 0 bridgehead atoms. The predicted molar refractivity (Wildman–Crippen MR) is 68.4 cm³/mol. The minimum atomic E-state index is -3.63. The molecule has 1 aromatic heterocycles. The fraction of sp³-hybridized carbons (Fsp3) is 0.500. The van der Waals surface area contributed by atoms with Crippen molar-refractivity contribution in [2.45, 2.75) is 10.6 Å². The van der Waals surface area contributed by atoms with Crippen molar-refractivity contribution in [2.24, 2.45) is 0 Å². The molecule has 9 heteroatoms. The quantitative estimate of drug-likeness (QED) is 0.789. The standard InChI is InChI=1S/C10H14N2O5S2/c13-9(14)7-8-1-2-10(18-8)19(15,16)11-12-3-5-17-6-4-12/h1-2,11H,3-7H2,(H,13,14). The summed E-state index contributed by atoms with van der Waals surface area (Å²) in [7, 11) is -3.63. The minimum Gasteiger partial charge on any atom is -0.481 e. The molecule has 0 atom stereocenters. The van der Waals surface area contributed by atoms with Crippen molar-refractivity contribution in [3.63, 3.8) is 0 Å². The Labute approximate surface area is 114 Å². The molecule has 1 saturated heterocycles. The first kappa shape index (κ1) is 14.4. The lowest BCUT2D eigenvalue weighted by Crippen LogP contribution is -2.48. The first-order valence-corrected chi connectivity index (χ1v) is 7.93. The van der Waals surface area contributed by atoms with Gasteiger partial charge in [-0.1, -0.05) is 0 Å². The van der Waals surface area contributed by atoms with Crippen LogP contribution in [0.25, 0.3) is 0 Å². The lowest BCUT2D eigenvalue weighted by atomic mass is 10.3. The number of carbonyl (C=O) groups is 1. The fourth-order valence-corrected chi connectivity index (χ4v) is 4.07. The Morgan fingerprint density at radius 3 is 2.74 bits per heavy atom. The summed E-state index contributed by atoms with van der Waals surface area (Å²) in [4.78, 5) is 13.5. The van der Waals surface area contributed by atoms with Gasteiger partial charge in [0.05, 0.1) is 19.6 Å². The van der Waals surface area contributed by atoms with Gasteiger partial charge in [-0.25, -0.2) is 13.4 Å². The molecule has 1 aliphatic heterocycles. The summed E-state index contributed by atoms with van der Waals surface area (Å²) in [5, 5.41) is 10.2. The van der Waals surface area contributed by atoms with E-state index in [1.807, 2.05) is 0 Å². The Bertz CT molecular complexity index is 548. The number of morpholine rings is 1. The lowest BCUT2D eigenvalue weighted by Gasteiger charge is -2.26. The van der Waals surface area contributed by atoms with Crippen molar-refractivity contribution in [1.29, 1.82) is 0 Å². The Kier molecular flexibility index (Phi) is 4.53. The average molecular weight is 306 g/mol. The molecule has 0 unspecified atom stereocenters. The number of nitrogens with zero attached hydrogens (tertiary/aromatic N) is 1. The summed E-state index contributed by atoms with van der Waals surface area (Å²) < 4.78 is 29.4. The number of ether oxygens (including phenoxy) is 1. The molecule has 106 valence electrons. The number of aliphatic carboxylic acids is 1. The van der Waals surface area contributed by atoms with E-state index in [4.69, 9.17) is 9.84 Å². The van der Waals surface area contributed by atoms with Gasteiger partial charge < -0.3 is 9.84 Å². The minimum absolute atomic E-state index is 0.121. The van der Waals surface area contributed by atoms with E-state index in [-0.39, 0.29) is 10.6 Å². The van der Waals surface area contributed by atoms with Crippen LogP contribution in [-0.2, 0) is 26.0 Å². The van der Waals surface area contributed by atoms with Crippen molar-refractivity contribution < 1.29 is 23.1 Å². The van der Waals surface area contributed by atoms with Crippen LogP contribution >= 0.6 is 11.3 Å². The van der Waals surface area contributed by atoms with Gasteiger partial charge in [0.15, 0.2) is 0 Å². The van der Waals surface area contributed by atoms with E-state index in [2.05, 4.69) is 4.83 Å². The first-order chi connectivity index (χ1) is 8.97. The number of thiophene rings is 1. The molecular weight excluding hydrogens is 292 g/mol. The number of sulfonamides is 1. The third-order valence-electron chi connectivity index (χ3n) is 2.49. The van der Waals surface area contributed by atoms with Gasteiger partial charge in [-0.15, -0.1) is 16.2 Å². The molecule has 0 aliphatic carbocycles. The van der Waals surface area contributed by atoms with Crippen LogP contribution < -0.4 is 4.83 Å². The molecule has 2 N–H and O–H groups in total. The van der Waals surface area contributed by atoms with Gasteiger partial charge in [0.25, 0.3) is 10.0 Å². The third kappa shape index (κ3) is 3.98. The first-order valence-electron chi connectivity index (χ1n) is 5.63. The van der Waals surface area contributed by atoms with Gasteiger partial charge in [-0.05, 0) is 12.1 Å². The van der Waals surface area contributed by atoms with E-state index in [0.29, 0.717) is 31.2 Å². The van der Waals surface area contributed by atoms with Crippen LogP contribution in [0.1, 0.15) is 4.88 Å². The number of carboxylic acids is 1.